The largest absolute Gasteiger partial charge is 0.357 e. The van der Waals surface area contributed by atoms with Crippen LogP contribution in [0.2, 0.25) is 0 Å². The third-order valence-electron chi connectivity index (χ3n) is 0.298. The second-order valence-corrected chi connectivity index (χ2v) is 0.750. The summed E-state index contributed by atoms with van der Waals surface area (Å²) < 4.78 is 4.23. The van der Waals surface area contributed by atoms with E-state index in [0.29, 0.717) is 6.29 Å². The number of carbonyl (C=O) groups is 1. The maximum absolute atomic E-state index is 9.47. The number of carbonyl (C=O) groups excluding carboxylic acids is 1. The molecule has 3 nitrogen and oxygen atoms in total. The molecule has 3 heteroatoms. The maximum Gasteiger partial charge on any atom is 0.357 e. The van der Waals surface area contributed by atoms with Crippen LogP contribution >= 0.6 is 0 Å². The molecule has 0 bridgehead atoms. The Morgan fingerprint density at radius 2 is 2.57 bits per heavy atom. The highest BCUT2D eigenvalue weighted by atomic mass is 16.5. The molecule has 0 amide bonds. The average molecular weight is 100 g/mol. The Morgan fingerprint density at radius 1 is 1.86 bits per heavy atom. The highest BCUT2D eigenvalue weighted by Crippen LogP contribution is 1.65. The highest BCUT2D eigenvalue weighted by Gasteiger charge is 1.78. The van der Waals surface area contributed by atoms with Crippen LogP contribution in [0.4, 0.5) is 0 Å². The zero-order valence-corrected chi connectivity index (χ0v) is 3.83. The van der Waals surface area contributed by atoms with E-state index in [1.165, 1.54) is 0 Å². The van der Waals surface area contributed by atoms with Crippen LogP contribution in [-0.4, -0.2) is 12.8 Å². The molecule has 0 fully saturated rings. The number of hydrogen-bond donors (Lipinski definition) is 0. The van der Waals surface area contributed by atoms with E-state index in [4.69, 9.17) is 0 Å². The zero-order valence-electron chi connectivity index (χ0n) is 3.83. The van der Waals surface area contributed by atoms with Crippen molar-refractivity contribution in [3.8, 4) is 0 Å². The van der Waals surface area contributed by atoms with Gasteiger partial charge in [0.25, 0.3) is 0 Å². The van der Waals surface area contributed by atoms with Crippen molar-refractivity contribution < 1.29 is 4.79 Å². The average Bonchev–Trinajstić information content (AvgIpc) is 1.69. The standard InChI is InChI=1S/C4H6NO2/c1-2-7-5-3-4-6/h2,4H,1,3H2/q+1. The van der Waals surface area contributed by atoms with Crippen LogP contribution in [-0.2, 0) is 4.79 Å². The van der Waals surface area contributed by atoms with E-state index in [1.807, 2.05) is 0 Å². The molecule has 0 aliphatic heterocycles. The predicted molar refractivity (Wildman–Crippen MR) is 26.9 cm³/mol. The first-order valence-electron chi connectivity index (χ1n) is 1.79. The van der Waals surface area contributed by atoms with Gasteiger partial charge in [0.05, 0.1) is 0 Å². The number of aldehydes is 1. The number of hydrogen-bond acceptors (Lipinski definition) is 2. The summed E-state index contributed by atoms with van der Waals surface area (Å²) in [6, 6.07) is 0. The van der Waals surface area contributed by atoms with Gasteiger partial charge in [0, 0.05) is 6.58 Å². The van der Waals surface area contributed by atoms with Gasteiger partial charge in [0.1, 0.15) is 11.5 Å². The lowest BCUT2D eigenvalue weighted by atomic mass is 10.8. The minimum Gasteiger partial charge on any atom is -0.301 e. The molecule has 0 aliphatic carbocycles. The van der Waals surface area contributed by atoms with Crippen LogP contribution in [0.1, 0.15) is 0 Å². The lowest BCUT2D eigenvalue weighted by Crippen LogP contribution is -1.74. The lowest BCUT2D eigenvalue weighted by Gasteiger charge is -1.54. The molecule has 0 N–H and O–H groups in total. The molecule has 7 heavy (non-hydrogen) atoms. The molecular weight excluding hydrogens is 94.0 g/mol. The molecule has 0 saturated carbocycles. The van der Waals surface area contributed by atoms with Crippen molar-refractivity contribution in [3.05, 3.63) is 17.4 Å². The summed E-state index contributed by atoms with van der Waals surface area (Å²) in [5.74, 6) is 0. The molecule has 0 saturated heterocycles. The quantitative estimate of drug-likeness (QED) is 0.291. The molecule has 38 valence electrons. The van der Waals surface area contributed by atoms with Crippen LogP contribution in [0.15, 0.2) is 18.0 Å². The van der Waals surface area contributed by atoms with Crippen LogP contribution in [0.25, 0.3) is 0 Å². The smallest absolute Gasteiger partial charge is 0.301 e. The summed E-state index contributed by atoms with van der Waals surface area (Å²) in [7, 11) is 0. The van der Waals surface area contributed by atoms with Gasteiger partial charge in [0.2, 0.25) is 0 Å². The van der Waals surface area contributed by atoms with Crippen molar-refractivity contribution >= 4 is 6.29 Å². The number of rotatable bonds is 3. The lowest BCUT2D eigenvalue weighted by molar-refractivity contribution is -0.106. The summed E-state index contributed by atoms with van der Waals surface area (Å²) in [6.45, 7) is 3.28. The first-order chi connectivity index (χ1) is 3.41. The number of nitrogens with zero attached hydrogens (tertiary/aromatic N) is 1. The second-order valence-electron chi connectivity index (χ2n) is 0.750. The van der Waals surface area contributed by atoms with Gasteiger partial charge in [-0.2, -0.15) is 0 Å². The zero-order chi connectivity index (χ0) is 5.54. The van der Waals surface area contributed by atoms with Crippen molar-refractivity contribution in [1.29, 1.82) is 0 Å². The van der Waals surface area contributed by atoms with Gasteiger partial charge >= 0.3 is 6.26 Å². The molecular formula is C4H6NO2+. The van der Waals surface area contributed by atoms with Gasteiger partial charge in [-0.05, 0) is 0 Å². The van der Waals surface area contributed by atoms with E-state index in [-0.39, 0.29) is 6.54 Å². The minimum absolute atomic E-state index is 0.0754. The molecule has 0 spiro atoms. The molecule has 0 aromatic heterocycles. The van der Waals surface area contributed by atoms with Gasteiger partial charge in [0.15, 0.2) is 6.54 Å². The van der Waals surface area contributed by atoms with E-state index in [9.17, 15) is 4.79 Å². The molecule has 0 rings (SSSR count). The van der Waals surface area contributed by atoms with Crippen molar-refractivity contribution in [2.24, 2.45) is 5.18 Å². The molecule has 0 heterocycles. The second kappa shape index (κ2) is 5.01. The molecule has 0 aromatic carbocycles. The Hall–Kier alpha value is -0.990. The molecule has 0 aromatic rings. The maximum atomic E-state index is 9.47. The predicted octanol–water partition coefficient (Wildman–Crippen LogP) is 0.631. The minimum atomic E-state index is 0.0754. The first kappa shape index (κ1) is 6.01. The Bertz CT molecular complexity index is 87.7. The van der Waals surface area contributed by atoms with E-state index in [1.54, 1.807) is 0 Å². The van der Waals surface area contributed by atoms with Gasteiger partial charge in [-0.1, -0.05) is 4.54 Å². The first-order valence-corrected chi connectivity index (χ1v) is 1.79. The fourth-order valence-corrected chi connectivity index (χ4v) is 0.126. The summed E-state index contributed by atoms with van der Waals surface area (Å²) in [5.41, 5.74) is 0. The van der Waals surface area contributed by atoms with E-state index in [0.717, 1.165) is 6.26 Å². The van der Waals surface area contributed by atoms with Crippen LogP contribution in [0.3, 0.4) is 0 Å². The Labute approximate surface area is 41.3 Å². The molecule has 0 unspecified atom stereocenters. The molecule has 0 aliphatic rings. The summed E-state index contributed by atoms with van der Waals surface area (Å²) >= 11 is 0. The molecule has 0 radical (unpaired) electrons. The van der Waals surface area contributed by atoms with Crippen molar-refractivity contribution in [2.45, 2.75) is 0 Å². The SMILES string of the molecule is C=C[O+]=NCC=O. The molecule has 0 atom stereocenters. The van der Waals surface area contributed by atoms with E-state index >= 15 is 0 Å². The van der Waals surface area contributed by atoms with Gasteiger partial charge in [-0.3, -0.25) is 0 Å². The van der Waals surface area contributed by atoms with Crippen molar-refractivity contribution in [3.63, 3.8) is 0 Å². The number of nitroso groups, excluding NO2 is 1. The van der Waals surface area contributed by atoms with Crippen molar-refractivity contribution in [2.75, 3.05) is 6.54 Å². The summed E-state index contributed by atoms with van der Waals surface area (Å²) in [5, 5.41) is 3.22. The normalized spacial score (nSPS) is 9.14. The summed E-state index contributed by atoms with van der Waals surface area (Å²) in [4.78, 5) is 9.47. The van der Waals surface area contributed by atoms with Gasteiger partial charge < -0.3 is 4.79 Å². The Kier molecular flexibility index (Phi) is 4.30. The van der Waals surface area contributed by atoms with Crippen LogP contribution < -0.4 is 0 Å². The van der Waals surface area contributed by atoms with E-state index in [2.05, 4.69) is 16.3 Å². The van der Waals surface area contributed by atoms with Crippen LogP contribution in [0, 0.1) is 4.54 Å². The third kappa shape index (κ3) is 5.01. The Morgan fingerprint density at radius 3 is 3.00 bits per heavy atom. The highest BCUT2D eigenvalue weighted by molar-refractivity contribution is 5.52. The summed E-state index contributed by atoms with van der Waals surface area (Å²) in [6.07, 6.45) is 1.80. The van der Waals surface area contributed by atoms with Gasteiger partial charge in [-0.15, -0.1) is 0 Å². The third-order valence-corrected chi connectivity index (χ3v) is 0.298. The van der Waals surface area contributed by atoms with Crippen LogP contribution in [0.5, 0.6) is 0 Å². The fourth-order valence-electron chi connectivity index (χ4n) is 0.126. The topological polar surface area (TPSA) is 40.7 Å². The Balaban J connectivity index is 3.08. The van der Waals surface area contributed by atoms with E-state index < -0.39 is 0 Å². The fraction of sp³-hybridized carbons (Fsp3) is 0.250. The van der Waals surface area contributed by atoms with Gasteiger partial charge in [-0.25, -0.2) is 0 Å². The monoisotopic (exact) mass is 100 g/mol. The van der Waals surface area contributed by atoms with Crippen molar-refractivity contribution in [1.82, 2.24) is 0 Å².